The van der Waals surface area contributed by atoms with Gasteiger partial charge in [0, 0.05) is 29.1 Å². The number of nitrogens with zero attached hydrogens (tertiary/aromatic N) is 3. The summed E-state index contributed by atoms with van der Waals surface area (Å²) >= 11 is 3.17. The van der Waals surface area contributed by atoms with Crippen LogP contribution in [0.1, 0.15) is 6.92 Å². The minimum atomic E-state index is -0.369. The molecule has 1 N–H and O–H groups in total. The van der Waals surface area contributed by atoms with Gasteiger partial charge in [-0.25, -0.2) is 9.37 Å². The molecular weight excluding hydrogens is 287 g/mol. The molecule has 0 bridgehead atoms. The quantitative estimate of drug-likeness (QED) is 0.944. The Bertz CT molecular complexity index is 486. The van der Waals surface area contributed by atoms with E-state index in [-0.39, 0.29) is 17.7 Å². The van der Waals surface area contributed by atoms with E-state index in [1.54, 1.807) is 17.1 Å². The second kappa shape index (κ2) is 5.27. The van der Waals surface area contributed by atoms with Gasteiger partial charge in [-0.1, -0.05) is 0 Å². The second-order valence-electron chi connectivity index (χ2n) is 3.76. The zero-order chi connectivity index (χ0) is 12.3. The maximum absolute atomic E-state index is 13.5. The predicted octanol–water partition coefficient (Wildman–Crippen LogP) is 2.68. The number of hydrogen-bond acceptors (Lipinski definition) is 3. The summed E-state index contributed by atoms with van der Waals surface area (Å²) in [6, 6.07) is 3.28. The van der Waals surface area contributed by atoms with Crippen molar-refractivity contribution in [1.82, 2.24) is 14.8 Å². The number of aromatic nitrogens is 3. The largest absolute Gasteiger partial charge is 0.363 e. The molecule has 0 radical (unpaired) electrons. The summed E-state index contributed by atoms with van der Waals surface area (Å²) in [4.78, 5) is 3.98. The van der Waals surface area contributed by atoms with Crippen LogP contribution >= 0.6 is 15.9 Å². The lowest BCUT2D eigenvalue weighted by atomic mass is 10.3. The number of anilines is 1. The third-order valence-corrected chi connectivity index (χ3v) is 2.64. The van der Waals surface area contributed by atoms with Crippen LogP contribution in [0.3, 0.4) is 0 Å². The molecule has 17 heavy (non-hydrogen) atoms. The number of nitrogens with one attached hydrogen (secondary N) is 1. The van der Waals surface area contributed by atoms with Crippen molar-refractivity contribution in [2.75, 3.05) is 5.32 Å². The molecule has 0 saturated heterocycles. The summed E-state index contributed by atoms with van der Waals surface area (Å²) in [5, 5.41) is 7.10. The standard InChI is InChI=1S/C11H12BrFN4/c1-8(7-17-4-2-3-15-17)16-11-10(13)5-9(12)6-14-11/h2-6,8H,7H2,1H3,(H,14,16). The molecule has 2 aromatic rings. The van der Waals surface area contributed by atoms with Crippen LogP contribution in [0, 0.1) is 5.82 Å². The van der Waals surface area contributed by atoms with Crippen LogP contribution in [0.2, 0.25) is 0 Å². The minimum Gasteiger partial charge on any atom is -0.363 e. The third-order valence-electron chi connectivity index (χ3n) is 2.21. The van der Waals surface area contributed by atoms with E-state index in [0.29, 0.717) is 11.0 Å². The van der Waals surface area contributed by atoms with Crippen LogP contribution in [0.4, 0.5) is 10.2 Å². The number of pyridine rings is 1. The van der Waals surface area contributed by atoms with Crippen LogP contribution in [0.5, 0.6) is 0 Å². The highest BCUT2D eigenvalue weighted by Crippen LogP contribution is 2.16. The maximum Gasteiger partial charge on any atom is 0.166 e. The van der Waals surface area contributed by atoms with Crippen molar-refractivity contribution in [3.05, 3.63) is 41.0 Å². The lowest BCUT2D eigenvalue weighted by Crippen LogP contribution is -2.23. The first-order valence-corrected chi connectivity index (χ1v) is 5.99. The van der Waals surface area contributed by atoms with Crippen LogP contribution in [0.25, 0.3) is 0 Å². The molecule has 2 aromatic heterocycles. The summed E-state index contributed by atoms with van der Waals surface area (Å²) in [6.45, 7) is 2.61. The van der Waals surface area contributed by atoms with Crippen LogP contribution in [-0.4, -0.2) is 20.8 Å². The average Bonchev–Trinajstić information content (AvgIpc) is 2.75. The molecule has 1 unspecified atom stereocenters. The van der Waals surface area contributed by atoms with Gasteiger partial charge in [0.2, 0.25) is 0 Å². The lowest BCUT2D eigenvalue weighted by Gasteiger charge is -2.14. The SMILES string of the molecule is CC(Cn1cccn1)Nc1ncc(Br)cc1F. The molecule has 0 saturated carbocycles. The molecular formula is C11H12BrFN4. The number of halogens is 2. The fourth-order valence-corrected chi connectivity index (χ4v) is 1.79. The van der Waals surface area contributed by atoms with Gasteiger partial charge in [0.1, 0.15) is 0 Å². The minimum absolute atomic E-state index is 0.0399. The third kappa shape index (κ3) is 3.26. The van der Waals surface area contributed by atoms with E-state index in [2.05, 4.69) is 31.3 Å². The number of rotatable bonds is 4. The average molecular weight is 299 g/mol. The molecule has 1 atom stereocenters. The first-order valence-electron chi connectivity index (χ1n) is 5.20. The van der Waals surface area contributed by atoms with E-state index in [4.69, 9.17) is 0 Å². The van der Waals surface area contributed by atoms with Crippen LogP contribution in [-0.2, 0) is 6.54 Å². The summed E-state index contributed by atoms with van der Waals surface area (Å²) in [7, 11) is 0. The lowest BCUT2D eigenvalue weighted by molar-refractivity contribution is 0.552. The highest BCUT2D eigenvalue weighted by molar-refractivity contribution is 9.10. The normalized spacial score (nSPS) is 12.4. The molecule has 4 nitrogen and oxygen atoms in total. The zero-order valence-electron chi connectivity index (χ0n) is 9.27. The van der Waals surface area contributed by atoms with Crippen molar-refractivity contribution >= 4 is 21.7 Å². The number of hydrogen-bond donors (Lipinski definition) is 1. The van der Waals surface area contributed by atoms with Crippen LogP contribution in [0.15, 0.2) is 35.2 Å². The molecule has 0 aliphatic carbocycles. The topological polar surface area (TPSA) is 42.7 Å². The second-order valence-corrected chi connectivity index (χ2v) is 4.67. The van der Waals surface area contributed by atoms with Gasteiger partial charge < -0.3 is 5.32 Å². The molecule has 0 fully saturated rings. The Hall–Kier alpha value is -1.43. The Morgan fingerprint density at radius 1 is 1.59 bits per heavy atom. The van der Waals surface area contributed by atoms with Crippen LogP contribution < -0.4 is 5.32 Å². The van der Waals surface area contributed by atoms with E-state index >= 15 is 0 Å². The highest BCUT2D eigenvalue weighted by atomic mass is 79.9. The maximum atomic E-state index is 13.5. The Kier molecular flexibility index (Phi) is 3.73. The van der Waals surface area contributed by atoms with E-state index in [1.165, 1.54) is 6.07 Å². The van der Waals surface area contributed by atoms with Crippen molar-refractivity contribution in [2.45, 2.75) is 19.5 Å². The summed E-state index contributed by atoms with van der Waals surface area (Å²) < 4.78 is 15.9. The van der Waals surface area contributed by atoms with Gasteiger partial charge >= 0.3 is 0 Å². The predicted molar refractivity (Wildman–Crippen MR) is 67.2 cm³/mol. The van der Waals surface area contributed by atoms with Crippen molar-refractivity contribution in [3.8, 4) is 0 Å². The van der Waals surface area contributed by atoms with Crippen molar-refractivity contribution < 1.29 is 4.39 Å². The van der Waals surface area contributed by atoms with Crippen molar-refractivity contribution in [2.24, 2.45) is 0 Å². The Balaban J connectivity index is 2.00. The molecule has 6 heteroatoms. The first-order chi connectivity index (χ1) is 8.15. The Labute approximate surface area is 107 Å². The smallest absolute Gasteiger partial charge is 0.166 e. The van der Waals surface area contributed by atoms with E-state index in [9.17, 15) is 4.39 Å². The Morgan fingerprint density at radius 2 is 2.41 bits per heavy atom. The molecule has 0 spiro atoms. The molecule has 0 aromatic carbocycles. The van der Waals surface area contributed by atoms with Gasteiger partial charge in [0.05, 0.1) is 6.54 Å². The summed E-state index contributed by atoms with van der Waals surface area (Å²) in [6.07, 6.45) is 5.14. The molecule has 2 rings (SSSR count). The van der Waals surface area contributed by atoms with Gasteiger partial charge in [0.15, 0.2) is 11.6 Å². The van der Waals surface area contributed by atoms with Gasteiger partial charge in [0.25, 0.3) is 0 Å². The zero-order valence-corrected chi connectivity index (χ0v) is 10.9. The highest BCUT2D eigenvalue weighted by Gasteiger charge is 2.08. The monoisotopic (exact) mass is 298 g/mol. The fourth-order valence-electron chi connectivity index (χ4n) is 1.49. The van der Waals surface area contributed by atoms with E-state index in [1.807, 2.05) is 19.2 Å². The van der Waals surface area contributed by atoms with Crippen molar-refractivity contribution in [3.63, 3.8) is 0 Å². The van der Waals surface area contributed by atoms with E-state index < -0.39 is 0 Å². The molecule has 0 aliphatic heterocycles. The molecule has 0 aliphatic rings. The summed E-state index contributed by atoms with van der Waals surface area (Å²) in [5.74, 6) is -0.112. The Morgan fingerprint density at radius 3 is 3.06 bits per heavy atom. The molecule has 2 heterocycles. The van der Waals surface area contributed by atoms with Gasteiger partial charge in [-0.3, -0.25) is 4.68 Å². The van der Waals surface area contributed by atoms with Gasteiger partial charge in [-0.2, -0.15) is 5.10 Å². The summed E-state index contributed by atoms with van der Waals surface area (Å²) in [5.41, 5.74) is 0. The molecule has 0 amide bonds. The van der Waals surface area contributed by atoms with E-state index in [0.717, 1.165) is 0 Å². The van der Waals surface area contributed by atoms with Gasteiger partial charge in [-0.15, -0.1) is 0 Å². The fraction of sp³-hybridized carbons (Fsp3) is 0.273. The first kappa shape index (κ1) is 12.0. The molecule has 90 valence electrons. The van der Waals surface area contributed by atoms with Gasteiger partial charge in [-0.05, 0) is 35.0 Å². The van der Waals surface area contributed by atoms with Crippen molar-refractivity contribution in [1.29, 1.82) is 0 Å².